The first kappa shape index (κ1) is 31.0. The van der Waals surface area contributed by atoms with Gasteiger partial charge in [-0.25, -0.2) is 4.98 Å². The summed E-state index contributed by atoms with van der Waals surface area (Å²) >= 11 is 15.4. The third-order valence-corrected chi connectivity index (χ3v) is 10.3. The van der Waals surface area contributed by atoms with Crippen LogP contribution in [0.3, 0.4) is 0 Å². The van der Waals surface area contributed by atoms with Gasteiger partial charge in [0.15, 0.2) is 0 Å². The number of imidazole rings is 1. The maximum atomic E-state index is 13.7. The quantitative estimate of drug-likeness (QED) is 0.295. The maximum absolute atomic E-state index is 13.7. The fourth-order valence-electron chi connectivity index (χ4n) is 5.69. The van der Waals surface area contributed by atoms with Gasteiger partial charge in [-0.3, -0.25) is 9.59 Å². The molecule has 2 N–H and O–H groups in total. The molecular formula is C32H41Cl2N5O2S. The molecule has 1 saturated carbocycles. The van der Waals surface area contributed by atoms with Crippen molar-refractivity contribution < 1.29 is 9.59 Å². The number of halogens is 2. The summed E-state index contributed by atoms with van der Waals surface area (Å²) < 4.78 is 2.06. The van der Waals surface area contributed by atoms with Gasteiger partial charge in [0.25, 0.3) is 5.91 Å². The number of nitrogens with one attached hydrogen (secondary N) is 2. The molecule has 7 nitrogen and oxygen atoms in total. The predicted molar refractivity (Wildman–Crippen MR) is 175 cm³/mol. The van der Waals surface area contributed by atoms with Gasteiger partial charge in [0.2, 0.25) is 5.91 Å². The van der Waals surface area contributed by atoms with Gasteiger partial charge in [-0.1, -0.05) is 57.0 Å². The van der Waals surface area contributed by atoms with Gasteiger partial charge < -0.3 is 20.1 Å². The molecule has 1 saturated heterocycles. The summed E-state index contributed by atoms with van der Waals surface area (Å²) in [5.41, 5.74) is 4.44. The number of carbonyl (C=O) groups is 2. The highest BCUT2D eigenvalue weighted by Gasteiger charge is 2.27. The minimum atomic E-state index is -0.494. The lowest BCUT2D eigenvalue weighted by Crippen LogP contribution is -2.38. The van der Waals surface area contributed by atoms with Crippen LogP contribution in [0, 0.1) is 11.3 Å². The Hall–Kier alpha value is -2.42. The highest BCUT2D eigenvalue weighted by atomic mass is 35.5. The molecule has 2 amide bonds. The van der Waals surface area contributed by atoms with Crippen molar-refractivity contribution in [1.29, 1.82) is 0 Å². The van der Waals surface area contributed by atoms with E-state index in [4.69, 9.17) is 28.2 Å². The van der Waals surface area contributed by atoms with E-state index in [2.05, 4.69) is 33.1 Å². The fraction of sp³-hybridized carbons (Fsp3) is 0.531. The standard InChI is InChI=1S/C32H41Cl2N5O2S/c1-19-6-9-21(10-7-19)36-30(40)23-14-25-27(16-26(23)39-12-13-42-18-39)38(5)28(37-25)15-22-24(33)11-8-20(29(22)34)17-35-31(41)32(2,3)4/h8,11,14,16,19,21H,6-7,9-10,12-13,15,17-18H2,1-5H3,(H,35,41)(H,36,40). The van der Waals surface area contributed by atoms with E-state index in [-0.39, 0.29) is 17.9 Å². The summed E-state index contributed by atoms with van der Waals surface area (Å²) in [7, 11) is 1.99. The Kier molecular flexibility index (Phi) is 9.36. The lowest BCUT2D eigenvalue weighted by molar-refractivity contribution is -0.128. The number of thioether (sulfide) groups is 1. The zero-order valence-electron chi connectivity index (χ0n) is 25.2. The molecule has 5 rings (SSSR count). The first-order valence-corrected chi connectivity index (χ1v) is 16.7. The van der Waals surface area contributed by atoms with E-state index in [9.17, 15) is 9.59 Å². The average molecular weight is 631 g/mol. The van der Waals surface area contributed by atoms with Gasteiger partial charge in [0, 0.05) is 48.8 Å². The number of nitrogens with zero attached hydrogens (tertiary/aromatic N) is 3. The second-order valence-corrected chi connectivity index (χ2v) is 14.6. The number of benzene rings is 2. The minimum absolute atomic E-state index is 0.0216. The second-order valence-electron chi connectivity index (χ2n) is 12.8. The Balaban J connectivity index is 1.45. The van der Waals surface area contributed by atoms with Crippen molar-refractivity contribution in [2.45, 2.75) is 72.4 Å². The van der Waals surface area contributed by atoms with E-state index >= 15 is 0 Å². The summed E-state index contributed by atoms with van der Waals surface area (Å²) in [6.07, 6.45) is 4.77. The van der Waals surface area contributed by atoms with Gasteiger partial charge in [0.05, 0.1) is 33.2 Å². The van der Waals surface area contributed by atoms with Crippen LogP contribution in [0.25, 0.3) is 11.0 Å². The highest BCUT2D eigenvalue weighted by Crippen LogP contribution is 2.34. The van der Waals surface area contributed by atoms with Crippen molar-refractivity contribution in [2.24, 2.45) is 18.4 Å². The molecular weight excluding hydrogens is 589 g/mol. The van der Waals surface area contributed by atoms with Crippen LogP contribution in [0.5, 0.6) is 0 Å². The lowest BCUT2D eigenvalue weighted by atomic mass is 9.87. The number of hydrogen-bond acceptors (Lipinski definition) is 5. The largest absolute Gasteiger partial charge is 0.361 e. The zero-order chi connectivity index (χ0) is 30.2. The van der Waals surface area contributed by atoms with Crippen molar-refractivity contribution in [3.8, 4) is 0 Å². The van der Waals surface area contributed by atoms with E-state index in [0.717, 1.165) is 83.4 Å². The first-order valence-electron chi connectivity index (χ1n) is 14.8. The molecule has 0 spiro atoms. The molecule has 3 aromatic rings. The highest BCUT2D eigenvalue weighted by molar-refractivity contribution is 7.99. The molecule has 2 fully saturated rings. The molecule has 2 heterocycles. The zero-order valence-corrected chi connectivity index (χ0v) is 27.5. The van der Waals surface area contributed by atoms with Crippen LogP contribution in [0.1, 0.15) is 80.7 Å². The van der Waals surface area contributed by atoms with Crippen LogP contribution in [-0.4, -0.2) is 45.6 Å². The molecule has 42 heavy (non-hydrogen) atoms. The number of carbonyl (C=O) groups excluding carboxylic acids is 2. The number of aryl methyl sites for hydroxylation is 1. The number of aromatic nitrogens is 2. The molecule has 1 aliphatic heterocycles. The van der Waals surface area contributed by atoms with Crippen molar-refractivity contribution in [3.63, 3.8) is 0 Å². The van der Waals surface area contributed by atoms with E-state index in [0.29, 0.717) is 28.6 Å². The van der Waals surface area contributed by atoms with Crippen molar-refractivity contribution in [2.75, 3.05) is 23.1 Å². The maximum Gasteiger partial charge on any atom is 0.253 e. The van der Waals surface area contributed by atoms with Crippen molar-refractivity contribution >= 4 is 63.5 Å². The molecule has 0 atom stereocenters. The Morgan fingerprint density at radius 1 is 1.12 bits per heavy atom. The third-order valence-electron chi connectivity index (χ3n) is 8.50. The normalized spacial score (nSPS) is 19.4. The second kappa shape index (κ2) is 12.7. The summed E-state index contributed by atoms with van der Waals surface area (Å²) in [4.78, 5) is 33.3. The SMILES string of the molecule is CC1CCC(NC(=O)c2cc3nc(Cc4c(Cl)ccc(CNC(=O)C(C)(C)C)c4Cl)n(C)c3cc2N2CCSC2)CC1. The Labute approximate surface area is 263 Å². The minimum Gasteiger partial charge on any atom is -0.361 e. The first-order chi connectivity index (χ1) is 19.9. The van der Waals surface area contributed by atoms with E-state index in [1.54, 1.807) is 0 Å². The van der Waals surface area contributed by atoms with Crippen LogP contribution in [0.2, 0.25) is 10.0 Å². The molecule has 226 valence electrons. The van der Waals surface area contributed by atoms with Crippen LogP contribution in [0.15, 0.2) is 24.3 Å². The Bertz CT molecular complexity index is 1480. The number of hydrogen-bond donors (Lipinski definition) is 2. The summed E-state index contributed by atoms with van der Waals surface area (Å²) in [5.74, 6) is 3.36. The smallest absolute Gasteiger partial charge is 0.253 e. The summed E-state index contributed by atoms with van der Waals surface area (Å²) in [6.45, 7) is 9.14. The van der Waals surface area contributed by atoms with Crippen LogP contribution >= 0.6 is 35.0 Å². The summed E-state index contributed by atoms with van der Waals surface area (Å²) in [6, 6.07) is 7.94. The van der Waals surface area contributed by atoms with Crippen molar-refractivity contribution in [1.82, 2.24) is 20.2 Å². The molecule has 1 aliphatic carbocycles. The van der Waals surface area contributed by atoms with Gasteiger partial charge in [0.1, 0.15) is 5.82 Å². The van der Waals surface area contributed by atoms with Gasteiger partial charge in [-0.15, -0.1) is 11.8 Å². The Morgan fingerprint density at radius 3 is 2.52 bits per heavy atom. The van der Waals surface area contributed by atoms with E-state index in [1.165, 1.54) is 0 Å². The fourth-order valence-corrected chi connectivity index (χ4v) is 7.23. The van der Waals surface area contributed by atoms with E-state index < -0.39 is 5.41 Å². The summed E-state index contributed by atoms with van der Waals surface area (Å²) in [5, 5.41) is 7.38. The molecule has 0 bridgehead atoms. The Morgan fingerprint density at radius 2 is 1.86 bits per heavy atom. The third kappa shape index (κ3) is 6.71. The number of fused-ring (bicyclic) bond motifs is 1. The lowest BCUT2D eigenvalue weighted by Gasteiger charge is -2.28. The van der Waals surface area contributed by atoms with Gasteiger partial charge in [-0.05, 0) is 60.9 Å². The number of anilines is 1. The number of amides is 2. The van der Waals surface area contributed by atoms with Crippen LogP contribution in [-0.2, 0) is 24.8 Å². The number of rotatable bonds is 7. The van der Waals surface area contributed by atoms with Crippen LogP contribution < -0.4 is 15.5 Å². The van der Waals surface area contributed by atoms with E-state index in [1.807, 2.05) is 57.8 Å². The van der Waals surface area contributed by atoms with Crippen LogP contribution in [0.4, 0.5) is 5.69 Å². The molecule has 0 radical (unpaired) electrons. The van der Waals surface area contributed by atoms with Gasteiger partial charge >= 0.3 is 0 Å². The molecule has 0 unspecified atom stereocenters. The molecule has 1 aromatic heterocycles. The van der Waals surface area contributed by atoms with Gasteiger partial charge in [-0.2, -0.15) is 0 Å². The molecule has 10 heteroatoms. The average Bonchev–Trinajstić information content (AvgIpc) is 3.58. The topological polar surface area (TPSA) is 79.3 Å². The van der Waals surface area contributed by atoms with Crippen molar-refractivity contribution in [3.05, 3.63) is 56.8 Å². The molecule has 2 aromatic carbocycles. The monoisotopic (exact) mass is 629 g/mol. The predicted octanol–water partition coefficient (Wildman–Crippen LogP) is 6.95. The molecule has 2 aliphatic rings.